The molecular formula is C18H19N. The van der Waals surface area contributed by atoms with Crippen LogP contribution in [0, 0.1) is 0 Å². The lowest BCUT2D eigenvalue weighted by molar-refractivity contribution is 0.160. The van der Waals surface area contributed by atoms with Crippen molar-refractivity contribution in [2.45, 2.75) is 31.3 Å². The number of rotatable bonds is 0. The number of benzene rings is 2. The van der Waals surface area contributed by atoms with Gasteiger partial charge in [0.05, 0.1) is 0 Å². The Balaban J connectivity index is 2.03. The molecule has 2 aliphatic heterocycles. The van der Waals surface area contributed by atoms with Gasteiger partial charge in [-0.3, -0.25) is 4.90 Å². The lowest BCUT2D eigenvalue weighted by atomic mass is 9.79. The van der Waals surface area contributed by atoms with Crippen molar-refractivity contribution in [1.29, 1.82) is 0 Å². The van der Waals surface area contributed by atoms with E-state index in [9.17, 15) is 0 Å². The van der Waals surface area contributed by atoms with Gasteiger partial charge in [0.25, 0.3) is 0 Å². The highest BCUT2D eigenvalue weighted by atomic mass is 15.2. The third kappa shape index (κ3) is 1.45. The van der Waals surface area contributed by atoms with E-state index in [0.717, 1.165) is 6.42 Å². The summed E-state index contributed by atoms with van der Waals surface area (Å²) in [5, 5.41) is 0. The van der Waals surface area contributed by atoms with E-state index in [1.54, 1.807) is 5.56 Å². The van der Waals surface area contributed by atoms with E-state index in [0.29, 0.717) is 18.0 Å². The molecule has 2 aromatic carbocycles. The highest BCUT2D eigenvalue weighted by molar-refractivity contribution is 5.49. The van der Waals surface area contributed by atoms with E-state index in [2.05, 4.69) is 67.4 Å². The second-order valence-electron chi connectivity index (χ2n) is 5.93. The monoisotopic (exact) mass is 249 g/mol. The average molecular weight is 249 g/mol. The molecule has 3 aliphatic rings. The van der Waals surface area contributed by atoms with Crippen molar-refractivity contribution < 1.29 is 0 Å². The minimum absolute atomic E-state index is 0.524. The zero-order valence-corrected chi connectivity index (χ0v) is 11.5. The van der Waals surface area contributed by atoms with E-state index in [-0.39, 0.29) is 0 Å². The van der Waals surface area contributed by atoms with Gasteiger partial charge in [-0.15, -0.1) is 0 Å². The van der Waals surface area contributed by atoms with E-state index >= 15 is 0 Å². The maximum absolute atomic E-state index is 2.56. The van der Waals surface area contributed by atoms with E-state index in [1.165, 1.54) is 16.7 Å². The summed E-state index contributed by atoms with van der Waals surface area (Å²) in [6.07, 6.45) is 1.14. The first-order valence-corrected chi connectivity index (χ1v) is 7.16. The Morgan fingerprint density at radius 1 is 0.895 bits per heavy atom. The summed E-state index contributed by atoms with van der Waals surface area (Å²) in [4.78, 5) is 2.56. The Bertz CT molecular complexity index is 631. The van der Waals surface area contributed by atoms with E-state index in [4.69, 9.17) is 0 Å². The first kappa shape index (κ1) is 11.2. The quantitative estimate of drug-likeness (QED) is 0.687. The number of hydrogen-bond donors (Lipinski definition) is 0. The molecule has 2 heterocycles. The number of nitrogens with zero attached hydrogens (tertiary/aromatic N) is 1. The molecule has 5 rings (SSSR count). The summed E-state index contributed by atoms with van der Waals surface area (Å²) < 4.78 is 0. The highest BCUT2D eigenvalue weighted by Gasteiger charge is 2.40. The lowest BCUT2D eigenvalue weighted by Gasteiger charge is -2.41. The number of likely N-dealkylation sites (N-methyl/N-ethyl adjacent to an activating group) is 1. The molecular weight excluding hydrogens is 230 g/mol. The average Bonchev–Trinajstić information content (AvgIpc) is 2.65. The van der Waals surface area contributed by atoms with Gasteiger partial charge in [0.2, 0.25) is 0 Å². The first-order valence-electron chi connectivity index (χ1n) is 7.16. The van der Waals surface area contributed by atoms with Gasteiger partial charge in [-0.1, -0.05) is 48.5 Å². The predicted molar refractivity (Wildman–Crippen MR) is 78.4 cm³/mol. The zero-order valence-electron chi connectivity index (χ0n) is 11.5. The van der Waals surface area contributed by atoms with E-state index < -0.39 is 0 Å². The zero-order chi connectivity index (χ0) is 13.0. The summed E-state index contributed by atoms with van der Waals surface area (Å²) >= 11 is 0. The van der Waals surface area contributed by atoms with E-state index in [1.807, 2.05) is 0 Å². The second-order valence-corrected chi connectivity index (χ2v) is 5.93. The van der Waals surface area contributed by atoms with Crippen LogP contribution in [0.2, 0.25) is 0 Å². The van der Waals surface area contributed by atoms with Crippen LogP contribution in [0.1, 0.15) is 41.1 Å². The topological polar surface area (TPSA) is 3.24 Å². The molecule has 1 aliphatic carbocycles. The maximum Gasteiger partial charge on any atom is 0.0391 e. The summed E-state index contributed by atoms with van der Waals surface area (Å²) in [7, 11) is 2.28. The molecule has 0 saturated heterocycles. The lowest BCUT2D eigenvalue weighted by Crippen LogP contribution is -2.41. The Labute approximate surface area is 114 Å². The Morgan fingerprint density at radius 2 is 1.53 bits per heavy atom. The molecule has 0 spiro atoms. The molecule has 0 amide bonds. The van der Waals surface area contributed by atoms with Gasteiger partial charge in [-0.2, -0.15) is 0 Å². The van der Waals surface area contributed by atoms with Gasteiger partial charge in [0.15, 0.2) is 0 Å². The summed E-state index contributed by atoms with van der Waals surface area (Å²) in [5.41, 5.74) is 6.14. The molecule has 0 fully saturated rings. The van der Waals surface area contributed by atoms with Crippen LogP contribution in [0.25, 0.3) is 0 Å². The minimum atomic E-state index is 0.524. The number of fused-ring (bicyclic) bond motifs is 1. The predicted octanol–water partition coefficient (Wildman–Crippen LogP) is 3.75. The van der Waals surface area contributed by atoms with Crippen LogP contribution in [0.15, 0.2) is 48.5 Å². The molecule has 0 unspecified atom stereocenters. The van der Waals surface area contributed by atoms with Gasteiger partial charge in [-0.05, 0) is 42.6 Å². The summed E-state index contributed by atoms with van der Waals surface area (Å²) in [6.45, 7) is 2.37. The van der Waals surface area contributed by atoms with Crippen molar-refractivity contribution in [2.24, 2.45) is 0 Å². The van der Waals surface area contributed by atoms with Crippen LogP contribution in [-0.2, 0) is 6.42 Å². The maximum atomic E-state index is 2.56. The fourth-order valence-corrected chi connectivity index (χ4v) is 4.01. The van der Waals surface area contributed by atoms with Gasteiger partial charge < -0.3 is 0 Å². The fourth-order valence-electron chi connectivity index (χ4n) is 4.01. The van der Waals surface area contributed by atoms with Crippen LogP contribution in [0.3, 0.4) is 0 Å². The normalized spacial score (nSPS) is 28.6. The molecule has 0 saturated carbocycles. The van der Waals surface area contributed by atoms with Crippen molar-refractivity contribution in [3.8, 4) is 0 Å². The minimum Gasteiger partial charge on any atom is -0.295 e. The third-order valence-electron chi connectivity index (χ3n) is 5.11. The fraction of sp³-hybridized carbons (Fsp3) is 0.333. The Hall–Kier alpha value is -1.60. The summed E-state index contributed by atoms with van der Waals surface area (Å²) in [5.74, 6) is 0.524. The van der Waals surface area contributed by atoms with Crippen molar-refractivity contribution in [3.05, 3.63) is 70.8 Å². The molecule has 2 bridgehead atoms. The Kier molecular flexibility index (Phi) is 2.33. The molecule has 0 radical (unpaired) electrons. The highest BCUT2D eigenvalue weighted by Crippen LogP contribution is 2.48. The van der Waals surface area contributed by atoms with Gasteiger partial charge in [0.1, 0.15) is 0 Å². The van der Waals surface area contributed by atoms with Crippen molar-refractivity contribution in [2.75, 3.05) is 7.05 Å². The molecule has 0 N–H and O–H groups in total. The molecule has 1 heteroatoms. The standard InChI is InChI=1S/C18H19N/c1-12-18-14-8-4-3-7-13(14)11-17(19(12)2)15-9-5-6-10-16(15)18/h3-10,12,17-18H,11H2,1-2H3/t12-,17-,18+/m0/s1. The van der Waals surface area contributed by atoms with Gasteiger partial charge in [0, 0.05) is 18.0 Å². The van der Waals surface area contributed by atoms with Crippen LogP contribution < -0.4 is 0 Å². The smallest absolute Gasteiger partial charge is 0.0391 e. The van der Waals surface area contributed by atoms with Crippen LogP contribution in [0.4, 0.5) is 0 Å². The second kappa shape index (κ2) is 3.94. The third-order valence-corrected chi connectivity index (χ3v) is 5.11. The molecule has 0 aromatic heterocycles. The summed E-state index contributed by atoms with van der Waals surface area (Å²) in [6, 6.07) is 19.1. The number of hydrogen-bond acceptors (Lipinski definition) is 1. The van der Waals surface area contributed by atoms with Crippen molar-refractivity contribution >= 4 is 0 Å². The first-order chi connectivity index (χ1) is 9.27. The van der Waals surface area contributed by atoms with Crippen molar-refractivity contribution in [1.82, 2.24) is 4.90 Å². The van der Waals surface area contributed by atoms with Gasteiger partial charge in [-0.25, -0.2) is 0 Å². The van der Waals surface area contributed by atoms with Crippen LogP contribution in [0.5, 0.6) is 0 Å². The molecule has 19 heavy (non-hydrogen) atoms. The largest absolute Gasteiger partial charge is 0.295 e. The van der Waals surface area contributed by atoms with Gasteiger partial charge >= 0.3 is 0 Å². The van der Waals surface area contributed by atoms with Crippen LogP contribution >= 0.6 is 0 Å². The molecule has 96 valence electrons. The Morgan fingerprint density at radius 3 is 2.32 bits per heavy atom. The van der Waals surface area contributed by atoms with Crippen molar-refractivity contribution in [3.63, 3.8) is 0 Å². The molecule has 2 aromatic rings. The molecule has 1 nitrogen and oxygen atoms in total. The molecule has 3 atom stereocenters. The SMILES string of the molecule is C[C@H]1[C@@H]2c3ccccc3C[C@@H](c3ccccc32)N1C. The van der Waals surface area contributed by atoms with Crippen LogP contribution in [-0.4, -0.2) is 18.0 Å².